The zero-order chi connectivity index (χ0) is 12.2. The minimum absolute atomic E-state index is 0.823. The third-order valence-electron chi connectivity index (χ3n) is 3.05. The molecular formula is C13H16N4S. The Morgan fingerprint density at radius 1 is 1.17 bits per heavy atom. The number of anilines is 1. The van der Waals surface area contributed by atoms with Gasteiger partial charge in [0.1, 0.15) is 5.82 Å². The molecule has 94 valence electrons. The molecule has 1 aromatic heterocycles. The zero-order valence-corrected chi connectivity index (χ0v) is 11.0. The molecule has 1 N–H and O–H groups in total. The molecular weight excluding hydrogens is 244 g/mol. The average Bonchev–Trinajstić information content (AvgIpc) is 2.89. The number of hydrogen-bond acceptors (Lipinski definition) is 5. The molecule has 1 aliphatic heterocycles. The molecule has 1 saturated heterocycles. The van der Waals surface area contributed by atoms with E-state index in [1.54, 1.807) is 0 Å². The average molecular weight is 260 g/mol. The van der Waals surface area contributed by atoms with Gasteiger partial charge >= 0.3 is 0 Å². The first kappa shape index (κ1) is 11.6. The van der Waals surface area contributed by atoms with Crippen LogP contribution in [-0.4, -0.2) is 35.5 Å². The Hall–Kier alpha value is -1.46. The van der Waals surface area contributed by atoms with Gasteiger partial charge in [-0.15, -0.1) is 0 Å². The molecule has 3 rings (SSSR count). The molecule has 4 nitrogen and oxygen atoms in total. The van der Waals surface area contributed by atoms with Gasteiger partial charge in [-0.05, 0) is 5.56 Å². The summed E-state index contributed by atoms with van der Waals surface area (Å²) in [6.07, 6.45) is 0.823. The number of piperazine rings is 1. The Morgan fingerprint density at radius 2 is 1.94 bits per heavy atom. The highest BCUT2D eigenvalue weighted by molar-refractivity contribution is 7.09. The molecule has 0 amide bonds. The smallest absolute Gasteiger partial charge is 0.205 e. The highest BCUT2D eigenvalue weighted by atomic mass is 32.1. The fourth-order valence-electron chi connectivity index (χ4n) is 2.08. The van der Waals surface area contributed by atoms with Crippen LogP contribution in [-0.2, 0) is 6.42 Å². The van der Waals surface area contributed by atoms with E-state index in [9.17, 15) is 0 Å². The molecule has 2 aromatic rings. The van der Waals surface area contributed by atoms with Crippen LogP contribution in [0, 0.1) is 0 Å². The summed E-state index contributed by atoms with van der Waals surface area (Å²) in [5.74, 6) is 0.930. The number of aromatic nitrogens is 2. The Balaban J connectivity index is 1.69. The maximum atomic E-state index is 4.63. The molecule has 1 aromatic carbocycles. The van der Waals surface area contributed by atoms with E-state index in [1.807, 2.05) is 6.07 Å². The number of rotatable bonds is 3. The van der Waals surface area contributed by atoms with E-state index in [2.05, 4.69) is 43.8 Å². The lowest BCUT2D eigenvalue weighted by Gasteiger charge is -2.26. The summed E-state index contributed by atoms with van der Waals surface area (Å²) in [5.41, 5.74) is 1.27. The van der Waals surface area contributed by atoms with E-state index < -0.39 is 0 Å². The summed E-state index contributed by atoms with van der Waals surface area (Å²) in [6.45, 7) is 4.13. The third kappa shape index (κ3) is 2.68. The van der Waals surface area contributed by atoms with Gasteiger partial charge in [0.15, 0.2) is 0 Å². The van der Waals surface area contributed by atoms with Crippen LogP contribution in [0.25, 0.3) is 0 Å². The van der Waals surface area contributed by atoms with E-state index in [1.165, 1.54) is 17.1 Å². The lowest BCUT2D eigenvalue weighted by molar-refractivity contribution is 0.588. The van der Waals surface area contributed by atoms with Crippen molar-refractivity contribution in [1.29, 1.82) is 0 Å². The van der Waals surface area contributed by atoms with Crippen LogP contribution < -0.4 is 10.2 Å². The molecule has 1 fully saturated rings. The van der Waals surface area contributed by atoms with E-state index >= 15 is 0 Å². The van der Waals surface area contributed by atoms with Crippen LogP contribution in [0.3, 0.4) is 0 Å². The molecule has 0 radical (unpaired) electrons. The van der Waals surface area contributed by atoms with Crippen molar-refractivity contribution in [2.24, 2.45) is 0 Å². The van der Waals surface area contributed by atoms with Crippen LogP contribution in [0.5, 0.6) is 0 Å². The van der Waals surface area contributed by atoms with E-state index in [0.717, 1.165) is 43.6 Å². The van der Waals surface area contributed by atoms with Gasteiger partial charge < -0.3 is 10.2 Å². The molecule has 5 heteroatoms. The van der Waals surface area contributed by atoms with Crippen LogP contribution >= 0.6 is 11.5 Å². The summed E-state index contributed by atoms with van der Waals surface area (Å²) in [7, 11) is 0. The SMILES string of the molecule is c1ccc(Cc2nsc(N3CCNCC3)n2)cc1. The molecule has 0 saturated carbocycles. The van der Waals surface area contributed by atoms with Gasteiger partial charge in [0.05, 0.1) is 0 Å². The second-order valence-corrected chi connectivity index (χ2v) is 5.12. The van der Waals surface area contributed by atoms with E-state index in [0.29, 0.717) is 0 Å². The monoisotopic (exact) mass is 260 g/mol. The second-order valence-electron chi connectivity index (χ2n) is 4.39. The molecule has 0 unspecified atom stereocenters. The lowest BCUT2D eigenvalue weighted by atomic mass is 10.1. The second kappa shape index (κ2) is 5.46. The number of hydrogen-bond donors (Lipinski definition) is 1. The molecule has 0 aliphatic carbocycles. The molecule has 1 aliphatic rings. The van der Waals surface area contributed by atoms with Crippen molar-refractivity contribution in [2.75, 3.05) is 31.1 Å². The topological polar surface area (TPSA) is 41.1 Å². The first-order valence-corrected chi connectivity index (χ1v) is 7.01. The number of nitrogens with zero attached hydrogens (tertiary/aromatic N) is 3. The quantitative estimate of drug-likeness (QED) is 0.909. The van der Waals surface area contributed by atoms with Gasteiger partial charge in [-0.25, -0.2) is 4.98 Å². The Morgan fingerprint density at radius 3 is 2.72 bits per heavy atom. The minimum atomic E-state index is 0.823. The van der Waals surface area contributed by atoms with Crippen LogP contribution in [0.2, 0.25) is 0 Å². The van der Waals surface area contributed by atoms with Crippen molar-refractivity contribution < 1.29 is 0 Å². The first-order valence-electron chi connectivity index (χ1n) is 6.24. The van der Waals surface area contributed by atoms with Crippen molar-refractivity contribution in [3.63, 3.8) is 0 Å². The van der Waals surface area contributed by atoms with E-state index in [4.69, 9.17) is 0 Å². The number of nitrogens with one attached hydrogen (secondary N) is 1. The molecule has 0 atom stereocenters. The molecule has 2 heterocycles. The van der Waals surface area contributed by atoms with Gasteiger partial charge in [-0.2, -0.15) is 4.37 Å². The lowest BCUT2D eigenvalue weighted by Crippen LogP contribution is -2.43. The number of benzene rings is 1. The Labute approximate surface area is 111 Å². The van der Waals surface area contributed by atoms with Crippen LogP contribution in [0.4, 0.5) is 5.13 Å². The maximum Gasteiger partial charge on any atom is 0.205 e. The van der Waals surface area contributed by atoms with Gasteiger partial charge in [0, 0.05) is 44.1 Å². The first-order chi connectivity index (χ1) is 8.92. The van der Waals surface area contributed by atoms with Gasteiger partial charge in [0.2, 0.25) is 5.13 Å². The minimum Gasteiger partial charge on any atom is -0.344 e. The van der Waals surface area contributed by atoms with Crippen molar-refractivity contribution in [3.8, 4) is 0 Å². The van der Waals surface area contributed by atoms with Gasteiger partial charge in [-0.1, -0.05) is 30.3 Å². The summed E-state index contributed by atoms with van der Waals surface area (Å²) in [6, 6.07) is 10.4. The van der Waals surface area contributed by atoms with Crippen molar-refractivity contribution in [3.05, 3.63) is 41.7 Å². The largest absolute Gasteiger partial charge is 0.344 e. The van der Waals surface area contributed by atoms with E-state index in [-0.39, 0.29) is 0 Å². The summed E-state index contributed by atoms with van der Waals surface area (Å²) in [5, 5.41) is 4.40. The summed E-state index contributed by atoms with van der Waals surface area (Å²) < 4.78 is 4.46. The predicted octanol–water partition coefficient (Wildman–Crippen LogP) is 1.54. The molecule has 0 bridgehead atoms. The highest BCUT2D eigenvalue weighted by Gasteiger charge is 2.14. The van der Waals surface area contributed by atoms with Gasteiger partial charge in [0.25, 0.3) is 0 Å². The van der Waals surface area contributed by atoms with Crippen LogP contribution in [0.1, 0.15) is 11.4 Å². The van der Waals surface area contributed by atoms with Crippen molar-refractivity contribution in [2.45, 2.75) is 6.42 Å². The fraction of sp³-hybridized carbons (Fsp3) is 0.385. The Bertz CT molecular complexity index is 491. The zero-order valence-electron chi connectivity index (χ0n) is 10.2. The van der Waals surface area contributed by atoms with Crippen molar-refractivity contribution in [1.82, 2.24) is 14.7 Å². The predicted molar refractivity (Wildman–Crippen MR) is 74.2 cm³/mol. The standard InChI is InChI=1S/C13H16N4S/c1-2-4-11(5-3-1)10-12-15-13(18-16-12)17-8-6-14-7-9-17/h1-5,14H,6-10H2. The third-order valence-corrected chi connectivity index (χ3v) is 3.86. The normalized spacial score (nSPS) is 15.9. The molecule has 18 heavy (non-hydrogen) atoms. The highest BCUT2D eigenvalue weighted by Crippen LogP contribution is 2.19. The Kier molecular flexibility index (Phi) is 3.52. The summed E-state index contributed by atoms with van der Waals surface area (Å²) >= 11 is 1.51. The summed E-state index contributed by atoms with van der Waals surface area (Å²) in [4.78, 5) is 6.94. The van der Waals surface area contributed by atoms with Gasteiger partial charge in [-0.3, -0.25) is 0 Å². The van der Waals surface area contributed by atoms with Crippen LogP contribution in [0.15, 0.2) is 30.3 Å². The maximum absolute atomic E-state index is 4.63. The fourth-order valence-corrected chi connectivity index (χ4v) is 2.82. The van der Waals surface area contributed by atoms with Crippen molar-refractivity contribution >= 4 is 16.7 Å². The molecule has 0 spiro atoms.